The molecule has 0 unspecified atom stereocenters. The van der Waals surface area contributed by atoms with Crippen molar-refractivity contribution in [3.05, 3.63) is 32.8 Å². The second-order valence-electron chi connectivity index (χ2n) is 4.08. The van der Waals surface area contributed by atoms with Crippen LogP contribution >= 0.6 is 11.6 Å². The predicted molar refractivity (Wildman–Crippen MR) is 70.7 cm³/mol. The molecule has 0 heterocycles. The Hall–Kier alpha value is -1.86. The Morgan fingerprint density at radius 2 is 2.16 bits per heavy atom. The number of nitro benzene ring substituents is 1. The second-order valence-corrected chi connectivity index (χ2v) is 4.46. The van der Waals surface area contributed by atoms with Crippen molar-refractivity contribution in [2.45, 2.75) is 0 Å². The molecule has 1 aromatic rings. The summed E-state index contributed by atoms with van der Waals surface area (Å²) in [7, 11) is 3.71. The van der Waals surface area contributed by atoms with E-state index in [1.54, 1.807) is 0 Å². The van der Waals surface area contributed by atoms with E-state index in [0.29, 0.717) is 6.54 Å². The zero-order chi connectivity index (χ0) is 14.6. The number of nitro groups is 1. The normalized spacial score (nSPS) is 10.5. The summed E-state index contributed by atoms with van der Waals surface area (Å²) in [5.41, 5.74) is 4.69. The minimum Gasteiger partial charge on any atom is -0.490 e. The minimum atomic E-state index is -0.780. The highest BCUT2D eigenvalue weighted by Gasteiger charge is 2.21. The van der Waals surface area contributed by atoms with Crippen LogP contribution in [0.5, 0.6) is 5.75 Å². The molecule has 0 aliphatic carbocycles. The molecule has 0 aliphatic heterocycles. The van der Waals surface area contributed by atoms with Gasteiger partial charge in [-0.2, -0.15) is 0 Å². The molecule has 0 aliphatic rings. The fraction of sp³-hybridized carbons (Fsp3) is 0.364. The number of nitrogens with two attached hydrogens (primary N) is 1. The van der Waals surface area contributed by atoms with E-state index in [0.717, 1.165) is 6.07 Å². The van der Waals surface area contributed by atoms with E-state index in [9.17, 15) is 14.9 Å². The summed E-state index contributed by atoms with van der Waals surface area (Å²) in [6.45, 7) is 0.886. The molecule has 8 heteroatoms. The van der Waals surface area contributed by atoms with E-state index in [-0.39, 0.29) is 22.9 Å². The van der Waals surface area contributed by atoms with Gasteiger partial charge in [0.25, 0.3) is 5.69 Å². The Balaban J connectivity index is 3.07. The van der Waals surface area contributed by atoms with E-state index >= 15 is 0 Å². The second kappa shape index (κ2) is 6.35. The summed E-state index contributed by atoms with van der Waals surface area (Å²) in [4.78, 5) is 23.1. The SMILES string of the molecule is CN(C)CCOc1cc(C(N)=O)cc([N+](=O)[O-])c1Cl. The first-order valence-electron chi connectivity index (χ1n) is 5.38. The van der Waals surface area contributed by atoms with Crippen molar-refractivity contribution in [2.24, 2.45) is 5.73 Å². The topological polar surface area (TPSA) is 98.7 Å². The quantitative estimate of drug-likeness (QED) is 0.628. The van der Waals surface area contributed by atoms with Gasteiger partial charge in [-0.25, -0.2) is 0 Å². The molecule has 2 N–H and O–H groups in total. The van der Waals surface area contributed by atoms with Crippen molar-refractivity contribution in [1.29, 1.82) is 0 Å². The number of primary amides is 1. The third kappa shape index (κ3) is 4.08. The molecule has 1 rings (SSSR count). The van der Waals surface area contributed by atoms with Crippen LogP contribution in [0.3, 0.4) is 0 Å². The molecule has 1 amide bonds. The van der Waals surface area contributed by atoms with E-state index < -0.39 is 16.5 Å². The Bertz CT molecular complexity index is 505. The molecule has 0 spiro atoms. The van der Waals surface area contributed by atoms with E-state index in [1.165, 1.54) is 6.07 Å². The van der Waals surface area contributed by atoms with Crippen molar-refractivity contribution in [2.75, 3.05) is 27.2 Å². The zero-order valence-electron chi connectivity index (χ0n) is 10.6. The molecule has 19 heavy (non-hydrogen) atoms. The summed E-state index contributed by atoms with van der Waals surface area (Å²) in [5, 5.41) is 10.7. The molecule has 0 aromatic heterocycles. The maximum Gasteiger partial charge on any atom is 0.292 e. The van der Waals surface area contributed by atoms with E-state index in [4.69, 9.17) is 22.1 Å². The number of hydrogen-bond donors (Lipinski definition) is 1. The van der Waals surface area contributed by atoms with Gasteiger partial charge in [0.1, 0.15) is 12.4 Å². The third-order valence-electron chi connectivity index (χ3n) is 2.30. The average molecular weight is 288 g/mol. The van der Waals surface area contributed by atoms with E-state index in [2.05, 4.69) is 0 Å². The van der Waals surface area contributed by atoms with Gasteiger partial charge in [0, 0.05) is 18.2 Å². The number of carbonyl (C=O) groups excluding carboxylic acids is 1. The highest BCUT2D eigenvalue weighted by Crippen LogP contribution is 2.35. The molecule has 0 bridgehead atoms. The average Bonchev–Trinajstić information content (AvgIpc) is 2.30. The summed E-state index contributed by atoms with van der Waals surface area (Å²) in [6, 6.07) is 2.33. The lowest BCUT2D eigenvalue weighted by Gasteiger charge is -2.12. The molecular formula is C11H14ClN3O4. The van der Waals surface area contributed by atoms with Crippen molar-refractivity contribution in [3.8, 4) is 5.75 Å². The molecule has 0 saturated heterocycles. The molecule has 0 radical (unpaired) electrons. The Kier molecular flexibility index (Phi) is 5.08. The number of likely N-dealkylation sites (N-methyl/N-ethyl adjacent to an activating group) is 1. The molecule has 104 valence electrons. The monoisotopic (exact) mass is 287 g/mol. The molecule has 0 fully saturated rings. The largest absolute Gasteiger partial charge is 0.490 e. The van der Waals surface area contributed by atoms with Crippen LogP contribution in [0.2, 0.25) is 5.02 Å². The lowest BCUT2D eigenvalue weighted by molar-refractivity contribution is -0.384. The van der Waals surface area contributed by atoms with Crippen LogP contribution in [-0.2, 0) is 0 Å². The predicted octanol–water partition coefficient (Wildman–Crippen LogP) is 1.29. The van der Waals surface area contributed by atoms with Crippen LogP contribution in [0, 0.1) is 10.1 Å². The Labute approximate surface area is 115 Å². The summed E-state index contributed by atoms with van der Waals surface area (Å²) < 4.78 is 5.34. The Morgan fingerprint density at radius 1 is 1.53 bits per heavy atom. The maximum absolute atomic E-state index is 11.1. The van der Waals surface area contributed by atoms with Crippen molar-refractivity contribution in [1.82, 2.24) is 4.90 Å². The van der Waals surface area contributed by atoms with Gasteiger partial charge in [0.15, 0.2) is 5.02 Å². The Morgan fingerprint density at radius 3 is 2.63 bits per heavy atom. The molecule has 1 aromatic carbocycles. The lowest BCUT2D eigenvalue weighted by atomic mass is 10.2. The molecule has 0 saturated carbocycles. The van der Waals surface area contributed by atoms with Crippen molar-refractivity contribution < 1.29 is 14.5 Å². The van der Waals surface area contributed by atoms with Crippen LogP contribution in [0.15, 0.2) is 12.1 Å². The first-order chi connectivity index (χ1) is 8.82. The van der Waals surface area contributed by atoms with Crippen molar-refractivity contribution in [3.63, 3.8) is 0 Å². The van der Waals surface area contributed by atoms with Gasteiger partial charge in [0.2, 0.25) is 5.91 Å². The fourth-order valence-corrected chi connectivity index (χ4v) is 1.53. The third-order valence-corrected chi connectivity index (χ3v) is 2.68. The number of amides is 1. The van der Waals surface area contributed by atoms with Crippen LogP contribution in [-0.4, -0.2) is 43.0 Å². The standard InChI is InChI=1S/C11H14ClN3O4/c1-14(2)3-4-19-9-6-7(11(13)16)5-8(10(9)12)15(17)18/h5-6H,3-4H2,1-2H3,(H2,13,16). The number of hydrogen-bond acceptors (Lipinski definition) is 5. The van der Waals surface area contributed by atoms with Crippen LogP contribution in [0.4, 0.5) is 5.69 Å². The van der Waals surface area contributed by atoms with Gasteiger partial charge >= 0.3 is 0 Å². The number of ether oxygens (including phenoxy) is 1. The van der Waals surface area contributed by atoms with Crippen LogP contribution in [0.25, 0.3) is 0 Å². The summed E-state index contributed by atoms with van der Waals surface area (Å²) in [5.74, 6) is -0.705. The summed E-state index contributed by atoms with van der Waals surface area (Å²) in [6.07, 6.45) is 0. The molecular weight excluding hydrogens is 274 g/mol. The van der Waals surface area contributed by atoms with Crippen molar-refractivity contribution >= 4 is 23.2 Å². The van der Waals surface area contributed by atoms with Crippen LogP contribution in [0.1, 0.15) is 10.4 Å². The van der Waals surface area contributed by atoms with Gasteiger partial charge < -0.3 is 15.4 Å². The maximum atomic E-state index is 11.1. The number of halogens is 1. The highest BCUT2D eigenvalue weighted by molar-refractivity contribution is 6.34. The first-order valence-corrected chi connectivity index (χ1v) is 5.76. The van der Waals surface area contributed by atoms with Gasteiger partial charge in [-0.3, -0.25) is 14.9 Å². The number of nitrogens with zero attached hydrogens (tertiary/aromatic N) is 2. The number of carbonyl (C=O) groups is 1. The lowest BCUT2D eigenvalue weighted by Crippen LogP contribution is -2.20. The van der Waals surface area contributed by atoms with Gasteiger partial charge in [-0.05, 0) is 20.2 Å². The van der Waals surface area contributed by atoms with Gasteiger partial charge in [-0.1, -0.05) is 11.6 Å². The van der Waals surface area contributed by atoms with E-state index in [1.807, 2.05) is 19.0 Å². The summed E-state index contributed by atoms with van der Waals surface area (Å²) >= 11 is 5.86. The smallest absolute Gasteiger partial charge is 0.292 e. The van der Waals surface area contributed by atoms with Gasteiger partial charge in [0.05, 0.1) is 4.92 Å². The number of rotatable bonds is 6. The highest BCUT2D eigenvalue weighted by atomic mass is 35.5. The first kappa shape index (κ1) is 15.2. The molecule has 0 atom stereocenters. The zero-order valence-corrected chi connectivity index (χ0v) is 11.3. The molecule has 7 nitrogen and oxygen atoms in total. The van der Waals surface area contributed by atoms with Crippen LogP contribution < -0.4 is 10.5 Å². The van der Waals surface area contributed by atoms with Gasteiger partial charge in [-0.15, -0.1) is 0 Å². The number of benzene rings is 1. The fourth-order valence-electron chi connectivity index (χ4n) is 1.30. The minimum absolute atomic E-state index is 0.0176.